The van der Waals surface area contributed by atoms with Crippen LogP contribution < -0.4 is 15.4 Å². The lowest BCUT2D eigenvalue weighted by molar-refractivity contribution is 0.0792. The van der Waals surface area contributed by atoms with Crippen molar-refractivity contribution in [3.05, 3.63) is 64.7 Å². The van der Waals surface area contributed by atoms with Crippen LogP contribution in [-0.2, 0) is 13.1 Å². The number of aryl methyl sites for hydroxylation is 1. The highest BCUT2D eigenvalue weighted by Gasteiger charge is 2.17. The fourth-order valence-corrected chi connectivity index (χ4v) is 3.95. The number of halogens is 1. The van der Waals surface area contributed by atoms with E-state index in [2.05, 4.69) is 70.8 Å². The maximum absolute atomic E-state index is 9.66. The van der Waals surface area contributed by atoms with E-state index in [1.165, 1.54) is 16.7 Å². The SMILES string of the molecule is CN=C(NCc1ccc(CN2CCC(O)CC2)cc1)NC(C)c1cc(C)ccc1OC.I. The minimum atomic E-state index is -0.123. The van der Waals surface area contributed by atoms with Crippen LogP contribution in [-0.4, -0.2) is 49.3 Å². The Kier molecular flexibility index (Phi) is 10.7. The van der Waals surface area contributed by atoms with Gasteiger partial charge in [-0.25, -0.2) is 0 Å². The van der Waals surface area contributed by atoms with E-state index in [1.54, 1.807) is 14.2 Å². The van der Waals surface area contributed by atoms with Crippen LogP contribution >= 0.6 is 24.0 Å². The van der Waals surface area contributed by atoms with Crippen LogP contribution in [0.15, 0.2) is 47.5 Å². The third-order valence-corrected chi connectivity index (χ3v) is 5.87. The van der Waals surface area contributed by atoms with Crippen molar-refractivity contribution in [1.82, 2.24) is 15.5 Å². The summed E-state index contributed by atoms with van der Waals surface area (Å²) in [5.74, 6) is 1.63. The van der Waals surface area contributed by atoms with Gasteiger partial charge in [0, 0.05) is 38.8 Å². The molecular formula is C25H37IN4O2. The van der Waals surface area contributed by atoms with Crippen LogP contribution in [0, 0.1) is 6.92 Å². The molecule has 3 rings (SSSR count). The summed E-state index contributed by atoms with van der Waals surface area (Å²) in [5.41, 5.74) is 4.83. The smallest absolute Gasteiger partial charge is 0.191 e. The molecule has 1 saturated heterocycles. The number of ether oxygens (including phenoxy) is 1. The number of aliphatic hydroxyl groups excluding tert-OH is 1. The Morgan fingerprint density at radius 2 is 1.81 bits per heavy atom. The molecule has 2 aromatic carbocycles. The number of methoxy groups -OCH3 is 1. The number of piperidine rings is 1. The van der Waals surface area contributed by atoms with E-state index < -0.39 is 0 Å². The van der Waals surface area contributed by atoms with Gasteiger partial charge in [0.2, 0.25) is 0 Å². The number of nitrogens with zero attached hydrogens (tertiary/aromatic N) is 2. The monoisotopic (exact) mass is 552 g/mol. The Hall–Kier alpha value is -1.84. The van der Waals surface area contributed by atoms with E-state index in [4.69, 9.17) is 4.74 Å². The van der Waals surface area contributed by atoms with Gasteiger partial charge in [-0.05, 0) is 43.9 Å². The molecule has 0 saturated carbocycles. The standard InChI is InChI=1S/C25H36N4O2.HI/c1-18-5-10-24(31-4)23(15-18)19(2)28-25(26-3)27-16-20-6-8-21(9-7-20)17-29-13-11-22(30)12-14-29;/h5-10,15,19,22,30H,11-14,16-17H2,1-4H3,(H2,26,27,28);1H. The zero-order chi connectivity index (χ0) is 22.2. The van der Waals surface area contributed by atoms with Gasteiger partial charge >= 0.3 is 0 Å². The molecule has 6 nitrogen and oxygen atoms in total. The molecule has 2 aromatic rings. The lowest BCUT2D eigenvalue weighted by Crippen LogP contribution is -2.38. The Labute approximate surface area is 209 Å². The number of nitrogens with one attached hydrogen (secondary N) is 2. The van der Waals surface area contributed by atoms with Crippen LogP contribution in [0.1, 0.15) is 48.1 Å². The molecule has 1 heterocycles. The summed E-state index contributed by atoms with van der Waals surface area (Å²) in [6, 6.07) is 15.0. The van der Waals surface area contributed by atoms with E-state index in [0.717, 1.165) is 49.7 Å². The average molecular weight is 553 g/mol. The van der Waals surface area contributed by atoms with E-state index in [-0.39, 0.29) is 36.1 Å². The van der Waals surface area contributed by atoms with Gasteiger partial charge < -0.3 is 20.5 Å². The molecule has 176 valence electrons. The summed E-state index contributed by atoms with van der Waals surface area (Å²) >= 11 is 0. The number of aliphatic hydroxyl groups is 1. The molecule has 1 atom stereocenters. The normalized spacial score (nSPS) is 16.2. The number of guanidine groups is 1. The number of aliphatic imine (C=N–C) groups is 1. The van der Waals surface area contributed by atoms with Crippen molar-refractivity contribution >= 4 is 29.9 Å². The Morgan fingerprint density at radius 1 is 1.16 bits per heavy atom. The van der Waals surface area contributed by atoms with Crippen molar-refractivity contribution in [3.8, 4) is 5.75 Å². The van der Waals surface area contributed by atoms with Gasteiger partial charge in [0.25, 0.3) is 0 Å². The van der Waals surface area contributed by atoms with Gasteiger partial charge in [0.05, 0.1) is 19.3 Å². The zero-order valence-electron chi connectivity index (χ0n) is 19.6. The molecule has 0 aliphatic carbocycles. The second-order valence-corrected chi connectivity index (χ2v) is 8.36. The quantitative estimate of drug-likeness (QED) is 0.275. The Morgan fingerprint density at radius 3 is 2.44 bits per heavy atom. The largest absolute Gasteiger partial charge is 0.496 e. The minimum absolute atomic E-state index is 0. The maximum Gasteiger partial charge on any atom is 0.191 e. The molecule has 1 fully saturated rings. The van der Waals surface area contributed by atoms with Crippen LogP contribution in [0.4, 0.5) is 0 Å². The molecule has 0 spiro atoms. The van der Waals surface area contributed by atoms with Crippen LogP contribution in [0.3, 0.4) is 0 Å². The summed E-state index contributed by atoms with van der Waals surface area (Å²) in [6.45, 7) is 7.78. The second kappa shape index (κ2) is 13.0. The fourth-order valence-electron chi connectivity index (χ4n) is 3.95. The molecule has 0 radical (unpaired) electrons. The second-order valence-electron chi connectivity index (χ2n) is 8.36. The van der Waals surface area contributed by atoms with Crippen molar-refractivity contribution in [2.24, 2.45) is 4.99 Å². The molecule has 7 heteroatoms. The fraction of sp³-hybridized carbons (Fsp3) is 0.480. The Balaban J connectivity index is 0.00000363. The first-order chi connectivity index (χ1) is 15.0. The summed E-state index contributed by atoms with van der Waals surface area (Å²) in [6.07, 6.45) is 1.63. The number of likely N-dealkylation sites (tertiary alicyclic amines) is 1. The number of rotatable bonds is 7. The average Bonchev–Trinajstić information content (AvgIpc) is 2.79. The first-order valence-corrected chi connectivity index (χ1v) is 11.1. The molecule has 32 heavy (non-hydrogen) atoms. The maximum atomic E-state index is 9.66. The summed E-state index contributed by atoms with van der Waals surface area (Å²) < 4.78 is 5.52. The van der Waals surface area contributed by atoms with Crippen LogP contribution in [0.2, 0.25) is 0 Å². The summed E-state index contributed by atoms with van der Waals surface area (Å²) in [5, 5.41) is 16.5. The molecule has 0 amide bonds. The van der Waals surface area contributed by atoms with E-state index in [0.29, 0.717) is 6.54 Å². The highest BCUT2D eigenvalue weighted by molar-refractivity contribution is 14.0. The third kappa shape index (κ3) is 7.64. The van der Waals surface area contributed by atoms with Crippen molar-refractivity contribution in [2.45, 2.75) is 51.9 Å². The van der Waals surface area contributed by atoms with E-state index in [9.17, 15) is 5.11 Å². The van der Waals surface area contributed by atoms with Gasteiger partial charge in [0.1, 0.15) is 5.75 Å². The number of hydrogen-bond acceptors (Lipinski definition) is 4. The van der Waals surface area contributed by atoms with Crippen molar-refractivity contribution in [2.75, 3.05) is 27.2 Å². The van der Waals surface area contributed by atoms with Crippen molar-refractivity contribution in [3.63, 3.8) is 0 Å². The molecule has 1 aliphatic heterocycles. The third-order valence-electron chi connectivity index (χ3n) is 5.87. The number of hydrogen-bond donors (Lipinski definition) is 3. The zero-order valence-corrected chi connectivity index (χ0v) is 21.9. The molecule has 0 aromatic heterocycles. The highest BCUT2D eigenvalue weighted by Crippen LogP contribution is 2.26. The topological polar surface area (TPSA) is 69.1 Å². The highest BCUT2D eigenvalue weighted by atomic mass is 127. The summed E-state index contributed by atoms with van der Waals surface area (Å²) in [7, 11) is 3.49. The Bertz CT molecular complexity index is 865. The molecule has 3 N–H and O–H groups in total. The van der Waals surface area contributed by atoms with E-state index >= 15 is 0 Å². The van der Waals surface area contributed by atoms with Crippen LogP contribution in [0.25, 0.3) is 0 Å². The number of benzene rings is 2. The van der Waals surface area contributed by atoms with Crippen molar-refractivity contribution in [1.29, 1.82) is 0 Å². The van der Waals surface area contributed by atoms with Gasteiger partial charge in [-0.1, -0.05) is 42.0 Å². The van der Waals surface area contributed by atoms with Gasteiger partial charge in [-0.15, -0.1) is 24.0 Å². The first kappa shape index (κ1) is 26.4. The predicted octanol–water partition coefficient (Wildman–Crippen LogP) is 4.00. The van der Waals surface area contributed by atoms with Gasteiger partial charge in [-0.2, -0.15) is 0 Å². The summed E-state index contributed by atoms with van der Waals surface area (Å²) in [4.78, 5) is 6.78. The predicted molar refractivity (Wildman–Crippen MR) is 142 cm³/mol. The molecular weight excluding hydrogens is 515 g/mol. The van der Waals surface area contributed by atoms with Crippen molar-refractivity contribution < 1.29 is 9.84 Å². The van der Waals surface area contributed by atoms with Crippen LogP contribution in [0.5, 0.6) is 5.75 Å². The van der Waals surface area contributed by atoms with Gasteiger partial charge in [-0.3, -0.25) is 9.89 Å². The molecule has 1 unspecified atom stereocenters. The van der Waals surface area contributed by atoms with E-state index in [1.807, 2.05) is 6.07 Å². The molecule has 0 bridgehead atoms. The molecule has 1 aliphatic rings. The minimum Gasteiger partial charge on any atom is -0.496 e. The lowest BCUT2D eigenvalue weighted by atomic mass is 10.0. The lowest BCUT2D eigenvalue weighted by Gasteiger charge is -2.29. The van der Waals surface area contributed by atoms with Gasteiger partial charge in [0.15, 0.2) is 5.96 Å². The first-order valence-electron chi connectivity index (χ1n) is 11.1.